The molecule has 3 heterocycles. The molecule has 1 saturated heterocycles. The lowest BCUT2D eigenvalue weighted by molar-refractivity contribution is -0.118. The number of nitrogens with zero attached hydrogens (tertiary/aromatic N) is 4. The third-order valence-electron chi connectivity index (χ3n) is 3.83. The van der Waals surface area contributed by atoms with Gasteiger partial charge in [-0.1, -0.05) is 16.9 Å². The number of amides is 1. The lowest BCUT2D eigenvalue weighted by Crippen LogP contribution is -2.34. The van der Waals surface area contributed by atoms with Gasteiger partial charge >= 0.3 is 0 Å². The zero-order valence-corrected chi connectivity index (χ0v) is 14.5. The van der Waals surface area contributed by atoms with Crippen LogP contribution in [0.3, 0.4) is 0 Å². The fourth-order valence-corrected chi connectivity index (χ4v) is 3.45. The third kappa shape index (κ3) is 4.55. The highest BCUT2D eigenvalue weighted by molar-refractivity contribution is 8.00. The van der Waals surface area contributed by atoms with Crippen molar-refractivity contribution in [2.75, 3.05) is 31.9 Å². The summed E-state index contributed by atoms with van der Waals surface area (Å²) in [7, 11) is 0. The van der Waals surface area contributed by atoms with Gasteiger partial charge in [-0.2, -0.15) is 4.98 Å². The Balaban J connectivity index is 1.50. The molecule has 0 aliphatic carbocycles. The molecule has 0 atom stereocenters. The monoisotopic (exact) mass is 347 g/mol. The SMILES string of the molecule is Cc1nc(-c2cccnc2SCC(=O)NCCN2CCCC2)no1. The third-order valence-corrected chi connectivity index (χ3v) is 4.83. The van der Waals surface area contributed by atoms with Gasteiger partial charge in [-0.05, 0) is 38.1 Å². The Kier molecular flexibility index (Phi) is 5.81. The first kappa shape index (κ1) is 16.9. The number of nitrogens with one attached hydrogen (secondary N) is 1. The molecule has 1 N–H and O–H groups in total. The lowest BCUT2D eigenvalue weighted by atomic mass is 10.3. The van der Waals surface area contributed by atoms with Crippen molar-refractivity contribution in [3.8, 4) is 11.4 Å². The molecule has 0 bridgehead atoms. The molecular formula is C16H21N5O2S. The molecule has 24 heavy (non-hydrogen) atoms. The summed E-state index contributed by atoms with van der Waals surface area (Å²) >= 11 is 1.38. The lowest BCUT2D eigenvalue weighted by Gasteiger charge is -2.14. The average Bonchev–Trinajstić information content (AvgIpc) is 3.25. The zero-order chi connectivity index (χ0) is 16.8. The van der Waals surface area contributed by atoms with Crippen molar-refractivity contribution < 1.29 is 9.32 Å². The maximum atomic E-state index is 12.0. The van der Waals surface area contributed by atoms with Gasteiger partial charge in [0.2, 0.25) is 17.6 Å². The predicted molar refractivity (Wildman–Crippen MR) is 91.7 cm³/mol. The van der Waals surface area contributed by atoms with Crippen LogP contribution in [0.2, 0.25) is 0 Å². The normalized spacial score (nSPS) is 14.9. The molecule has 1 fully saturated rings. The van der Waals surface area contributed by atoms with Crippen molar-refractivity contribution in [2.24, 2.45) is 0 Å². The fraction of sp³-hybridized carbons (Fsp3) is 0.500. The van der Waals surface area contributed by atoms with Crippen LogP contribution in [0.15, 0.2) is 27.9 Å². The molecule has 3 rings (SSSR count). The number of hydrogen-bond acceptors (Lipinski definition) is 7. The van der Waals surface area contributed by atoms with Crippen LogP contribution in [0, 0.1) is 6.92 Å². The van der Waals surface area contributed by atoms with E-state index < -0.39 is 0 Å². The smallest absolute Gasteiger partial charge is 0.230 e. The molecule has 1 aliphatic rings. The van der Waals surface area contributed by atoms with Crippen molar-refractivity contribution in [1.82, 2.24) is 25.3 Å². The minimum Gasteiger partial charge on any atom is -0.354 e. The highest BCUT2D eigenvalue weighted by Crippen LogP contribution is 2.27. The maximum Gasteiger partial charge on any atom is 0.230 e. The number of carbonyl (C=O) groups excluding carboxylic acids is 1. The highest BCUT2D eigenvalue weighted by Gasteiger charge is 2.14. The number of aryl methyl sites for hydroxylation is 1. The zero-order valence-electron chi connectivity index (χ0n) is 13.7. The second-order valence-electron chi connectivity index (χ2n) is 5.68. The number of thioether (sulfide) groups is 1. The van der Waals surface area contributed by atoms with Crippen LogP contribution in [0.25, 0.3) is 11.4 Å². The van der Waals surface area contributed by atoms with E-state index in [1.54, 1.807) is 13.1 Å². The number of hydrogen-bond donors (Lipinski definition) is 1. The molecule has 0 saturated carbocycles. The standard InChI is InChI=1S/C16H21N5O2S/c1-12-19-15(20-23-12)13-5-4-6-18-16(13)24-11-14(22)17-7-10-21-8-2-3-9-21/h4-6H,2-3,7-11H2,1H3,(H,17,22). The summed E-state index contributed by atoms with van der Waals surface area (Å²) in [5, 5.41) is 7.62. The van der Waals surface area contributed by atoms with E-state index >= 15 is 0 Å². The second-order valence-corrected chi connectivity index (χ2v) is 6.64. The number of rotatable bonds is 7. The van der Waals surface area contributed by atoms with Gasteiger partial charge in [0, 0.05) is 26.2 Å². The minimum atomic E-state index is 0.0140. The highest BCUT2D eigenvalue weighted by atomic mass is 32.2. The first-order valence-corrected chi connectivity index (χ1v) is 9.08. The first-order chi connectivity index (χ1) is 11.7. The number of likely N-dealkylation sites (tertiary alicyclic amines) is 1. The molecule has 0 spiro atoms. The fourth-order valence-electron chi connectivity index (χ4n) is 2.63. The van der Waals surface area contributed by atoms with Crippen LogP contribution >= 0.6 is 11.8 Å². The van der Waals surface area contributed by atoms with Gasteiger partial charge in [0.25, 0.3) is 0 Å². The second kappa shape index (κ2) is 8.25. The molecule has 8 heteroatoms. The van der Waals surface area contributed by atoms with Gasteiger partial charge < -0.3 is 14.7 Å². The molecule has 0 aromatic carbocycles. The quantitative estimate of drug-likeness (QED) is 0.764. The topological polar surface area (TPSA) is 84.2 Å². The molecule has 0 unspecified atom stereocenters. The Morgan fingerprint density at radius 2 is 2.25 bits per heavy atom. The van der Waals surface area contributed by atoms with Gasteiger partial charge in [0.15, 0.2) is 0 Å². The molecule has 2 aromatic rings. The summed E-state index contributed by atoms with van der Waals surface area (Å²) in [6, 6.07) is 3.70. The van der Waals surface area contributed by atoms with Crippen LogP contribution in [0.5, 0.6) is 0 Å². The summed E-state index contributed by atoms with van der Waals surface area (Å²) in [4.78, 5) is 22.9. The Morgan fingerprint density at radius 1 is 1.42 bits per heavy atom. The Bertz CT molecular complexity index is 685. The summed E-state index contributed by atoms with van der Waals surface area (Å²) in [5.74, 6) is 1.34. The van der Waals surface area contributed by atoms with Crippen molar-refractivity contribution >= 4 is 17.7 Å². The molecule has 1 amide bonds. The van der Waals surface area contributed by atoms with Crippen LogP contribution < -0.4 is 5.32 Å². The Morgan fingerprint density at radius 3 is 3.00 bits per heavy atom. The molecule has 1 aliphatic heterocycles. The van der Waals surface area contributed by atoms with Gasteiger partial charge in [0.1, 0.15) is 5.03 Å². The van der Waals surface area contributed by atoms with Crippen molar-refractivity contribution in [1.29, 1.82) is 0 Å². The molecule has 7 nitrogen and oxygen atoms in total. The van der Waals surface area contributed by atoms with E-state index in [2.05, 4.69) is 25.3 Å². The first-order valence-electron chi connectivity index (χ1n) is 8.10. The van der Waals surface area contributed by atoms with Gasteiger partial charge in [-0.25, -0.2) is 4.98 Å². The summed E-state index contributed by atoms with van der Waals surface area (Å²) in [5.41, 5.74) is 0.782. The number of carbonyl (C=O) groups is 1. The molecular weight excluding hydrogens is 326 g/mol. The molecule has 2 aromatic heterocycles. The van der Waals surface area contributed by atoms with E-state index in [4.69, 9.17) is 4.52 Å². The van der Waals surface area contributed by atoms with E-state index in [1.807, 2.05) is 12.1 Å². The van der Waals surface area contributed by atoms with E-state index in [0.717, 1.165) is 30.2 Å². The molecule has 128 valence electrons. The summed E-state index contributed by atoms with van der Waals surface area (Å²) in [6.45, 7) is 5.65. The van der Waals surface area contributed by atoms with Gasteiger partial charge in [0.05, 0.1) is 11.3 Å². The van der Waals surface area contributed by atoms with Gasteiger partial charge in [-0.3, -0.25) is 4.79 Å². The van der Waals surface area contributed by atoms with Crippen LogP contribution in [-0.2, 0) is 4.79 Å². The van der Waals surface area contributed by atoms with Crippen molar-refractivity contribution in [3.05, 3.63) is 24.2 Å². The molecule has 0 radical (unpaired) electrons. The van der Waals surface area contributed by atoms with Crippen LogP contribution in [-0.4, -0.2) is 57.9 Å². The van der Waals surface area contributed by atoms with E-state index in [1.165, 1.54) is 24.6 Å². The Labute approximate surface area is 145 Å². The van der Waals surface area contributed by atoms with Crippen molar-refractivity contribution in [2.45, 2.75) is 24.8 Å². The number of pyridine rings is 1. The minimum absolute atomic E-state index is 0.0140. The van der Waals surface area contributed by atoms with Crippen LogP contribution in [0.4, 0.5) is 0 Å². The largest absolute Gasteiger partial charge is 0.354 e. The summed E-state index contributed by atoms with van der Waals surface area (Å²) < 4.78 is 5.02. The van der Waals surface area contributed by atoms with Crippen LogP contribution in [0.1, 0.15) is 18.7 Å². The van der Waals surface area contributed by atoms with E-state index in [0.29, 0.717) is 24.0 Å². The average molecular weight is 347 g/mol. The van der Waals surface area contributed by atoms with E-state index in [-0.39, 0.29) is 5.91 Å². The van der Waals surface area contributed by atoms with Gasteiger partial charge in [-0.15, -0.1) is 0 Å². The van der Waals surface area contributed by atoms with E-state index in [9.17, 15) is 4.79 Å². The van der Waals surface area contributed by atoms with Crippen molar-refractivity contribution in [3.63, 3.8) is 0 Å². The predicted octanol–water partition coefficient (Wildman–Crippen LogP) is 1.74. The Hall–Kier alpha value is -1.93. The summed E-state index contributed by atoms with van der Waals surface area (Å²) in [6.07, 6.45) is 4.23. The number of aromatic nitrogens is 3. The maximum absolute atomic E-state index is 12.0.